The summed E-state index contributed by atoms with van der Waals surface area (Å²) in [5, 5.41) is 7.42. The fourth-order valence-corrected chi connectivity index (χ4v) is 9.81. The molecule has 10 aromatic carbocycles. The topological polar surface area (TPSA) is 12.4 Å². The van der Waals surface area contributed by atoms with Crippen LogP contribution in [-0.2, 0) is 5.41 Å². The standard InChI is InChI=1S/C57H39N/c1-4-19-41(20-5-1)56(42-21-6-2-7-22-42)58-38-51-48-28-13-12-26-46(48)47-27-14-15-29-49(47)54(51)40-32-35-44(36-33-40)57(43-23-8-3-9-24-43)52-31-17-16-30-50(52)55-45-25-11-10-18-39(45)34-37-53(55)57/h1-38,56H. The molecule has 0 bridgehead atoms. The lowest BCUT2D eigenvalue weighted by molar-refractivity contribution is 0.769. The van der Waals surface area contributed by atoms with Crippen LogP contribution in [0.15, 0.2) is 229 Å². The van der Waals surface area contributed by atoms with Gasteiger partial charge in [0.25, 0.3) is 0 Å². The first kappa shape index (κ1) is 33.9. The number of hydrogen-bond acceptors (Lipinski definition) is 1. The second-order valence-electron chi connectivity index (χ2n) is 15.3. The van der Waals surface area contributed by atoms with Crippen LogP contribution in [0.3, 0.4) is 0 Å². The highest BCUT2D eigenvalue weighted by Crippen LogP contribution is 2.58. The lowest BCUT2D eigenvalue weighted by atomic mass is 9.67. The van der Waals surface area contributed by atoms with Gasteiger partial charge in [-0.25, -0.2) is 0 Å². The highest BCUT2D eigenvalue weighted by atomic mass is 14.8. The van der Waals surface area contributed by atoms with Gasteiger partial charge < -0.3 is 0 Å². The summed E-state index contributed by atoms with van der Waals surface area (Å²) in [5.74, 6) is 0. The maximum Gasteiger partial charge on any atom is 0.0999 e. The summed E-state index contributed by atoms with van der Waals surface area (Å²) in [6.45, 7) is 0. The Kier molecular flexibility index (Phi) is 8.19. The molecule has 0 radical (unpaired) electrons. The molecule has 0 spiro atoms. The molecule has 0 aliphatic heterocycles. The molecule has 0 amide bonds. The Morgan fingerprint density at radius 2 is 0.879 bits per heavy atom. The Bertz CT molecular complexity index is 3110. The minimum atomic E-state index is -0.496. The molecule has 58 heavy (non-hydrogen) atoms. The Morgan fingerprint density at radius 1 is 0.362 bits per heavy atom. The Hall–Kier alpha value is -7.35. The van der Waals surface area contributed by atoms with Gasteiger partial charge in [-0.1, -0.05) is 224 Å². The van der Waals surface area contributed by atoms with Gasteiger partial charge in [0.1, 0.15) is 0 Å². The predicted molar refractivity (Wildman–Crippen MR) is 244 cm³/mol. The summed E-state index contributed by atoms with van der Waals surface area (Å²) in [5.41, 5.74) is 13.1. The van der Waals surface area contributed by atoms with Crippen LogP contribution in [0.5, 0.6) is 0 Å². The van der Waals surface area contributed by atoms with Crippen LogP contribution in [0.25, 0.3) is 54.6 Å². The van der Waals surface area contributed by atoms with Crippen LogP contribution < -0.4 is 0 Å². The van der Waals surface area contributed by atoms with Gasteiger partial charge in [-0.05, 0) is 88.0 Å². The van der Waals surface area contributed by atoms with Crippen molar-refractivity contribution in [3.63, 3.8) is 0 Å². The molecular formula is C57H39N. The monoisotopic (exact) mass is 737 g/mol. The zero-order chi connectivity index (χ0) is 38.5. The molecule has 1 heteroatoms. The highest BCUT2D eigenvalue weighted by molar-refractivity contribution is 6.21. The number of aliphatic imine (C=N–C) groups is 1. The van der Waals surface area contributed by atoms with Gasteiger partial charge in [0.15, 0.2) is 0 Å². The van der Waals surface area contributed by atoms with Crippen LogP contribution in [-0.4, -0.2) is 6.21 Å². The van der Waals surface area contributed by atoms with Crippen molar-refractivity contribution in [1.29, 1.82) is 0 Å². The predicted octanol–water partition coefficient (Wildman–Crippen LogP) is 14.4. The van der Waals surface area contributed by atoms with E-state index < -0.39 is 5.41 Å². The fraction of sp³-hybridized carbons (Fsp3) is 0.0351. The Labute approximate surface area is 339 Å². The average molecular weight is 738 g/mol. The maximum atomic E-state index is 5.46. The highest BCUT2D eigenvalue weighted by Gasteiger charge is 2.46. The molecule has 1 aliphatic carbocycles. The van der Waals surface area contributed by atoms with Crippen molar-refractivity contribution in [3.8, 4) is 22.3 Å². The molecular weight excluding hydrogens is 699 g/mol. The van der Waals surface area contributed by atoms with E-state index in [4.69, 9.17) is 4.99 Å². The van der Waals surface area contributed by atoms with Crippen molar-refractivity contribution in [2.75, 3.05) is 0 Å². The molecule has 0 saturated carbocycles. The first-order valence-electron chi connectivity index (χ1n) is 20.2. The zero-order valence-corrected chi connectivity index (χ0v) is 32.0. The van der Waals surface area contributed by atoms with Crippen LogP contribution in [0.2, 0.25) is 0 Å². The smallest absolute Gasteiger partial charge is 0.0999 e. The van der Waals surface area contributed by atoms with E-state index in [9.17, 15) is 0 Å². The second-order valence-corrected chi connectivity index (χ2v) is 15.3. The largest absolute Gasteiger partial charge is 0.280 e. The van der Waals surface area contributed by atoms with Crippen LogP contribution in [0.4, 0.5) is 0 Å². The van der Waals surface area contributed by atoms with Crippen molar-refractivity contribution >= 4 is 38.5 Å². The van der Waals surface area contributed by atoms with E-state index >= 15 is 0 Å². The van der Waals surface area contributed by atoms with Crippen LogP contribution in [0.1, 0.15) is 45.0 Å². The third kappa shape index (κ3) is 5.28. The maximum absolute atomic E-state index is 5.46. The summed E-state index contributed by atoms with van der Waals surface area (Å²) in [4.78, 5) is 5.46. The molecule has 1 nitrogen and oxygen atoms in total. The normalized spacial score (nSPS) is 14.7. The molecule has 0 heterocycles. The third-order valence-electron chi connectivity index (χ3n) is 12.3. The minimum absolute atomic E-state index is 0.146. The average Bonchev–Trinajstić information content (AvgIpc) is 3.61. The van der Waals surface area contributed by atoms with Gasteiger partial charge in [0, 0.05) is 11.8 Å². The number of rotatable bonds is 7. The molecule has 1 unspecified atom stereocenters. The Balaban J connectivity index is 1.15. The zero-order valence-electron chi connectivity index (χ0n) is 32.0. The molecule has 1 aliphatic rings. The van der Waals surface area contributed by atoms with Gasteiger partial charge in [-0.2, -0.15) is 0 Å². The van der Waals surface area contributed by atoms with Crippen molar-refractivity contribution in [3.05, 3.63) is 263 Å². The van der Waals surface area contributed by atoms with Gasteiger partial charge >= 0.3 is 0 Å². The molecule has 10 aromatic rings. The summed E-state index contributed by atoms with van der Waals surface area (Å²) in [6.07, 6.45) is 2.14. The fourth-order valence-electron chi connectivity index (χ4n) is 9.81. The summed E-state index contributed by atoms with van der Waals surface area (Å²) in [7, 11) is 0. The summed E-state index contributed by atoms with van der Waals surface area (Å²) in [6, 6.07) is 81.8. The van der Waals surface area contributed by atoms with Crippen molar-refractivity contribution in [1.82, 2.24) is 0 Å². The molecule has 0 aromatic heterocycles. The Morgan fingerprint density at radius 3 is 1.57 bits per heavy atom. The number of nitrogens with zero attached hydrogens (tertiary/aromatic N) is 1. The summed E-state index contributed by atoms with van der Waals surface area (Å²) < 4.78 is 0. The van der Waals surface area contributed by atoms with E-state index in [1.165, 1.54) is 71.3 Å². The SMILES string of the molecule is C(=NC(c1ccccc1)c1ccccc1)c1c(-c2ccc(C3(c4ccccc4)c4ccccc4-c4c3ccc3ccccc43)cc2)c2ccccc2c2ccccc12. The molecule has 0 saturated heterocycles. The van der Waals surface area contributed by atoms with E-state index in [1.54, 1.807) is 0 Å². The van der Waals surface area contributed by atoms with Crippen molar-refractivity contribution in [2.24, 2.45) is 4.99 Å². The van der Waals surface area contributed by atoms with Crippen LogP contribution in [0, 0.1) is 0 Å². The lowest BCUT2D eigenvalue weighted by Gasteiger charge is -2.34. The van der Waals surface area contributed by atoms with E-state index in [1.807, 2.05) is 0 Å². The third-order valence-corrected chi connectivity index (χ3v) is 12.3. The van der Waals surface area contributed by atoms with E-state index in [-0.39, 0.29) is 6.04 Å². The van der Waals surface area contributed by atoms with Gasteiger partial charge in [0.2, 0.25) is 0 Å². The summed E-state index contributed by atoms with van der Waals surface area (Å²) >= 11 is 0. The van der Waals surface area contributed by atoms with Crippen molar-refractivity contribution < 1.29 is 0 Å². The first-order valence-corrected chi connectivity index (χ1v) is 20.2. The van der Waals surface area contributed by atoms with E-state index in [0.29, 0.717) is 0 Å². The molecule has 0 fully saturated rings. The minimum Gasteiger partial charge on any atom is -0.280 e. The molecule has 272 valence electrons. The number of fused-ring (bicyclic) bond motifs is 8. The number of hydrogen-bond donors (Lipinski definition) is 0. The van der Waals surface area contributed by atoms with E-state index in [0.717, 1.165) is 22.3 Å². The molecule has 0 N–H and O–H groups in total. The first-order chi connectivity index (χ1) is 28.8. The van der Waals surface area contributed by atoms with Crippen LogP contribution >= 0.6 is 0 Å². The second kappa shape index (κ2) is 14.0. The lowest BCUT2D eigenvalue weighted by Crippen LogP contribution is -2.28. The number of benzene rings is 10. The molecule has 11 rings (SSSR count). The molecule has 1 atom stereocenters. The van der Waals surface area contributed by atoms with E-state index in [2.05, 4.69) is 231 Å². The van der Waals surface area contributed by atoms with Crippen molar-refractivity contribution in [2.45, 2.75) is 11.5 Å². The van der Waals surface area contributed by atoms with Gasteiger partial charge in [-0.3, -0.25) is 4.99 Å². The van der Waals surface area contributed by atoms with Gasteiger partial charge in [0.05, 0.1) is 11.5 Å². The quantitative estimate of drug-likeness (QED) is 0.114. The van der Waals surface area contributed by atoms with Gasteiger partial charge in [-0.15, -0.1) is 0 Å².